The molecule has 7 heteroatoms. The van der Waals surface area contributed by atoms with Crippen LogP contribution in [0.15, 0.2) is 35.2 Å². The summed E-state index contributed by atoms with van der Waals surface area (Å²) >= 11 is 0. The van der Waals surface area contributed by atoms with Crippen LogP contribution in [-0.4, -0.2) is 51.7 Å². The smallest absolute Gasteiger partial charge is 0.297 e. The summed E-state index contributed by atoms with van der Waals surface area (Å²) in [7, 11) is -3.76. The molecule has 0 aromatic heterocycles. The molecular weight excluding hydrogens is 308 g/mol. The third-order valence-corrected chi connectivity index (χ3v) is 4.02. The molecule has 0 amide bonds. The lowest BCUT2D eigenvalue weighted by Crippen LogP contribution is -2.26. The monoisotopic (exact) mass is 332 g/mol. The Morgan fingerprint density at radius 1 is 0.955 bits per heavy atom. The molecule has 1 aromatic carbocycles. The maximum Gasteiger partial charge on any atom is 0.297 e. The zero-order valence-corrected chi connectivity index (χ0v) is 14.0. The quantitative estimate of drug-likeness (QED) is 0.655. The van der Waals surface area contributed by atoms with Gasteiger partial charge >= 0.3 is 0 Å². The molecule has 0 aliphatic rings. The minimum Gasteiger partial charge on any atom is -0.391 e. The van der Waals surface area contributed by atoms with Crippen LogP contribution in [0.2, 0.25) is 0 Å². The number of aliphatic hydroxyl groups excluding tert-OH is 1. The molecule has 126 valence electrons. The normalized spacial score (nSPS) is 16.2. The first-order chi connectivity index (χ1) is 10.3. The van der Waals surface area contributed by atoms with Gasteiger partial charge in [0.2, 0.25) is 0 Å². The van der Waals surface area contributed by atoms with Crippen molar-refractivity contribution in [2.45, 2.75) is 44.0 Å². The lowest BCUT2D eigenvalue weighted by molar-refractivity contribution is -0.0596. The van der Waals surface area contributed by atoms with Gasteiger partial charge in [-0.3, -0.25) is 4.18 Å². The van der Waals surface area contributed by atoms with Gasteiger partial charge in [-0.1, -0.05) is 18.2 Å². The molecule has 1 rings (SSSR count). The highest BCUT2D eigenvalue weighted by molar-refractivity contribution is 7.86. The van der Waals surface area contributed by atoms with Gasteiger partial charge in [0.25, 0.3) is 10.1 Å². The highest BCUT2D eigenvalue weighted by Gasteiger charge is 2.17. The minimum atomic E-state index is -3.76. The van der Waals surface area contributed by atoms with Crippen molar-refractivity contribution in [1.82, 2.24) is 0 Å². The molecule has 1 aromatic rings. The average molecular weight is 332 g/mol. The highest BCUT2D eigenvalue weighted by Crippen LogP contribution is 2.12. The summed E-state index contributed by atoms with van der Waals surface area (Å²) in [4.78, 5) is 0.121. The van der Waals surface area contributed by atoms with Crippen molar-refractivity contribution < 1.29 is 27.2 Å². The van der Waals surface area contributed by atoms with Crippen LogP contribution in [0, 0.1) is 0 Å². The van der Waals surface area contributed by atoms with Crippen LogP contribution >= 0.6 is 0 Å². The molecule has 0 heterocycles. The Bertz CT molecular complexity index is 514. The van der Waals surface area contributed by atoms with Gasteiger partial charge in [-0.05, 0) is 32.9 Å². The van der Waals surface area contributed by atoms with E-state index in [9.17, 15) is 8.42 Å². The van der Waals surface area contributed by atoms with E-state index in [1.807, 2.05) is 6.92 Å². The third-order valence-electron chi connectivity index (χ3n) is 2.73. The summed E-state index contributed by atoms with van der Waals surface area (Å²) in [6.07, 6.45) is -1.11. The van der Waals surface area contributed by atoms with Crippen molar-refractivity contribution in [2.75, 3.05) is 19.8 Å². The van der Waals surface area contributed by atoms with Gasteiger partial charge in [0.1, 0.15) is 0 Å². The fraction of sp³-hybridized carbons (Fsp3) is 0.600. The highest BCUT2D eigenvalue weighted by atomic mass is 32.2. The van der Waals surface area contributed by atoms with E-state index in [4.69, 9.17) is 18.8 Å². The Morgan fingerprint density at radius 3 is 2.09 bits per heavy atom. The molecule has 0 fully saturated rings. The van der Waals surface area contributed by atoms with Crippen molar-refractivity contribution >= 4 is 10.1 Å². The van der Waals surface area contributed by atoms with Gasteiger partial charge in [-0.15, -0.1) is 0 Å². The standard InChI is InChI=1S/C15H24O6S/c1-12(16)9-19-13(2)10-20-14(3)11-21-22(17,18)15-7-5-4-6-8-15/h4-8,12-14,16H,9-11H2,1-3H3. The van der Waals surface area contributed by atoms with Crippen LogP contribution in [0.5, 0.6) is 0 Å². The number of ether oxygens (including phenoxy) is 2. The molecule has 1 N–H and O–H groups in total. The Balaban J connectivity index is 2.32. The van der Waals surface area contributed by atoms with E-state index in [0.29, 0.717) is 6.61 Å². The lowest BCUT2D eigenvalue weighted by Gasteiger charge is -2.18. The molecule has 3 atom stereocenters. The van der Waals surface area contributed by atoms with Crippen molar-refractivity contribution in [3.05, 3.63) is 30.3 Å². The fourth-order valence-corrected chi connectivity index (χ4v) is 2.54. The summed E-state index contributed by atoms with van der Waals surface area (Å²) in [6.45, 7) is 5.64. The molecule has 0 saturated heterocycles. The van der Waals surface area contributed by atoms with Crippen molar-refractivity contribution in [1.29, 1.82) is 0 Å². The summed E-state index contributed by atoms with van der Waals surface area (Å²) in [6, 6.07) is 7.97. The summed E-state index contributed by atoms with van der Waals surface area (Å²) in [5, 5.41) is 9.11. The number of aliphatic hydroxyl groups is 1. The molecule has 3 unspecified atom stereocenters. The lowest BCUT2D eigenvalue weighted by atomic mass is 10.4. The zero-order chi connectivity index (χ0) is 16.6. The van der Waals surface area contributed by atoms with Crippen LogP contribution in [0.4, 0.5) is 0 Å². The second-order valence-electron chi connectivity index (χ2n) is 5.19. The van der Waals surface area contributed by atoms with Gasteiger partial charge in [0, 0.05) is 0 Å². The minimum absolute atomic E-state index is 0.0691. The second-order valence-corrected chi connectivity index (χ2v) is 6.80. The van der Waals surface area contributed by atoms with Crippen LogP contribution in [-0.2, 0) is 23.8 Å². The van der Waals surface area contributed by atoms with E-state index >= 15 is 0 Å². The van der Waals surface area contributed by atoms with Crippen LogP contribution in [0.3, 0.4) is 0 Å². The molecular formula is C15H24O6S. The van der Waals surface area contributed by atoms with E-state index in [1.54, 1.807) is 32.0 Å². The molecule has 22 heavy (non-hydrogen) atoms. The van der Waals surface area contributed by atoms with Crippen molar-refractivity contribution in [3.8, 4) is 0 Å². The van der Waals surface area contributed by atoms with Gasteiger partial charge in [0.05, 0.1) is 43.0 Å². The molecule has 0 spiro atoms. The van der Waals surface area contributed by atoms with Crippen LogP contribution in [0.1, 0.15) is 20.8 Å². The van der Waals surface area contributed by atoms with Crippen LogP contribution < -0.4 is 0 Å². The van der Waals surface area contributed by atoms with Crippen LogP contribution in [0.25, 0.3) is 0 Å². The predicted molar refractivity (Wildman–Crippen MR) is 82.1 cm³/mol. The summed E-state index contributed by atoms with van der Waals surface area (Å²) < 4.78 is 39.6. The number of hydrogen-bond acceptors (Lipinski definition) is 6. The topological polar surface area (TPSA) is 82.1 Å². The summed E-state index contributed by atoms with van der Waals surface area (Å²) in [5.74, 6) is 0. The Kier molecular flexibility index (Phi) is 7.98. The predicted octanol–water partition coefficient (Wildman–Crippen LogP) is 1.58. The SMILES string of the molecule is CC(O)COC(C)COC(C)COS(=O)(=O)c1ccccc1. The van der Waals surface area contributed by atoms with Crippen molar-refractivity contribution in [3.63, 3.8) is 0 Å². The van der Waals surface area contributed by atoms with E-state index in [1.165, 1.54) is 12.1 Å². The maximum absolute atomic E-state index is 11.9. The van der Waals surface area contributed by atoms with E-state index < -0.39 is 22.3 Å². The Morgan fingerprint density at radius 2 is 1.50 bits per heavy atom. The van der Waals surface area contributed by atoms with E-state index in [2.05, 4.69) is 0 Å². The van der Waals surface area contributed by atoms with Crippen molar-refractivity contribution in [2.24, 2.45) is 0 Å². The molecule has 0 aliphatic carbocycles. The number of benzene rings is 1. The maximum atomic E-state index is 11.9. The molecule has 6 nitrogen and oxygen atoms in total. The largest absolute Gasteiger partial charge is 0.391 e. The van der Waals surface area contributed by atoms with E-state index in [-0.39, 0.29) is 24.2 Å². The third kappa shape index (κ3) is 7.33. The van der Waals surface area contributed by atoms with Gasteiger partial charge in [0.15, 0.2) is 0 Å². The Hall–Kier alpha value is -0.990. The second kappa shape index (κ2) is 9.22. The molecule has 0 bridgehead atoms. The number of rotatable bonds is 10. The van der Waals surface area contributed by atoms with Gasteiger partial charge in [-0.2, -0.15) is 8.42 Å². The first kappa shape index (κ1) is 19.1. The molecule has 0 radical (unpaired) electrons. The first-order valence-electron chi connectivity index (χ1n) is 7.17. The summed E-state index contributed by atoms with van der Waals surface area (Å²) in [5.41, 5.74) is 0. The molecule has 0 saturated carbocycles. The van der Waals surface area contributed by atoms with E-state index in [0.717, 1.165) is 0 Å². The average Bonchev–Trinajstić information content (AvgIpc) is 2.49. The van der Waals surface area contributed by atoms with Gasteiger partial charge in [-0.25, -0.2) is 0 Å². The zero-order valence-electron chi connectivity index (χ0n) is 13.1. The van der Waals surface area contributed by atoms with Gasteiger partial charge < -0.3 is 14.6 Å². The fourth-order valence-electron chi connectivity index (χ4n) is 1.54. The first-order valence-corrected chi connectivity index (χ1v) is 8.58. The number of hydrogen-bond donors (Lipinski definition) is 1. The Labute approximate surface area is 132 Å². The molecule has 0 aliphatic heterocycles.